The highest BCUT2D eigenvalue weighted by molar-refractivity contribution is 9.11. The van der Waals surface area contributed by atoms with Crippen molar-refractivity contribution in [1.82, 2.24) is 5.43 Å². The molecule has 2 aromatic carbocycles. The summed E-state index contributed by atoms with van der Waals surface area (Å²) in [5.74, 6) is -0.277. The molecule has 0 saturated carbocycles. The lowest BCUT2D eigenvalue weighted by atomic mass is 10.2. The lowest BCUT2D eigenvalue weighted by Crippen LogP contribution is -2.24. The molecule has 0 aliphatic carbocycles. The van der Waals surface area contributed by atoms with Crippen LogP contribution in [-0.2, 0) is 4.79 Å². The Morgan fingerprint density at radius 2 is 2.00 bits per heavy atom. The normalized spacial score (nSPS) is 10.7. The number of carbonyl (C=O) groups is 1. The van der Waals surface area contributed by atoms with E-state index >= 15 is 0 Å². The number of nitrogens with one attached hydrogen (secondary N) is 1. The molecule has 2 N–H and O–H groups in total. The van der Waals surface area contributed by atoms with Gasteiger partial charge in [-0.1, -0.05) is 15.9 Å². The van der Waals surface area contributed by atoms with Crippen molar-refractivity contribution in [2.45, 2.75) is 0 Å². The summed E-state index contributed by atoms with van der Waals surface area (Å²) in [4.78, 5) is 21.9. The van der Waals surface area contributed by atoms with Crippen molar-refractivity contribution in [2.75, 3.05) is 6.61 Å². The molecular weight excluding hydrogens is 542 g/mol. The van der Waals surface area contributed by atoms with Crippen molar-refractivity contribution in [2.24, 2.45) is 5.10 Å². The van der Waals surface area contributed by atoms with Crippen molar-refractivity contribution >= 4 is 65.6 Å². The fourth-order valence-electron chi connectivity index (χ4n) is 1.75. The van der Waals surface area contributed by atoms with Crippen LogP contribution in [-0.4, -0.2) is 28.8 Å². The lowest BCUT2D eigenvalue weighted by Gasteiger charge is -2.07. The first-order valence-corrected chi connectivity index (χ1v) is 9.22. The summed E-state index contributed by atoms with van der Waals surface area (Å²) < 4.78 is 6.83. The first-order chi connectivity index (χ1) is 12.3. The fourth-order valence-corrected chi connectivity index (χ4v) is 3.49. The molecule has 0 aromatic heterocycles. The summed E-state index contributed by atoms with van der Waals surface area (Å²) >= 11 is 9.62. The minimum atomic E-state index is -0.542. The molecule has 1 amide bonds. The Hall–Kier alpha value is -1.98. The zero-order chi connectivity index (χ0) is 19.3. The molecule has 0 spiro atoms. The second kappa shape index (κ2) is 9.10. The monoisotopic (exact) mass is 549 g/mol. The van der Waals surface area contributed by atoms with Crippen molar-refractivity contribution in [3.8, 4) is 11.5 Å². The number of benzene rings is 2. The third-order valence-corrected chi connectivity index (χ3v) is 4.62. The number of aromatic hydroxyl groups is 1. The van der Waals surface area contributed by atoms with E-state index < -0.39 is 10.8 Å². The van der Waals surface area contributed by atoms with Crippen molar-refractivity contribution in [3.05, 3.63) is 59.4 Å². The van der Waals surface area contributed by atoms with E-state index in [0.29, 0.717) is 14.5 Å². The van der Waals surface area contributed by atoms with Crippen LogP contribution < -0.4 is 10.2 Å². The molecule has 26 heavy (non-hydrogen) atoms. The number of phenols is 1. The molecule has 0 heterocycles. The van der Waals surface area contributed by atoms with E-state index in [1.54, 1.807) is 12.1 Å². The zero-order valence-corrected chi connectivity index (χ0v) is 17.5. The largest absolute Gasteiger partial charge is 0.506 e. The van der Waals surface area contributed by atoms with Gasteiger partial charge in [0.2, 0.25) is 0 Å². The molecule has 0 atom stereocenters. The summed E-state index contributed by atoms with van der Waals surface area (Å²) in [5, 5.41) is 24.3. The summed E-state index contributed by atoms with van der Waals surface area (Å²) in [6.07, 6.45) is 1.28. The third kappa shape index (κ3) is 5.51. The topological polar surface area (TPSA) is 114 Å². The van der Waals surface area contributed by atoms with E-state index in [9.17, 15) is 20.0 Å². The summed E-state index contributed by atoms with van der Waals surface area (Å²) in [6, 6.07) is 7.22. The number of phenolic OH excluding ortho intramolecular Hbond substituents is 1. The van der Waals surface area contributed by atoms with Crippen LogP contribution in [0.5, 0.6) is 11.5 Å². The highest BCUT2D eigenvalue weighted by Gasteiger charge is 2.11. The quantitative estimate of drug-likeness (QED) is 0.318. The SMILES string of the molecule is O=C(COc1ccc([N+](=O)[O-])cc1Br)NN=Cc1cc(Br)cc(Br)c1O. The number of non-ortho nitro benzene ring substituents is 1. The molecule has 2 aromatic rings. The van der Waals surface area contributed by atoms with Gasteiger partial charge in [0.15, 0.2) is 6.61 Å². The third-order valence-electron chi connectivity index (χ3n) is 2.94. The lowest BCUT2D eigenvalue weighted by molar-refractivity contribution is -0.384. The van der Waals surface area contributed by atoms with Gasteiger partial charge < -0.3 is 9.84 Å². The van der Waals surface area contributed by atoms with Crippen LogP contribution in [0.15, 0.2) is 48.9 Å². The molecule has 2 rings (SSSR count). The minimum absolute atomic E-state index is 0.0164. The van der Waals surface area contributed by atoms with Crippen LogP contribution >= 0.6 is 47.8 Å². The summed E-state index contributed by atoms with van der Waals surface area (Å²) in [7, 11) is 0. The molecular formula is C15H10Br3N3O5. The molecule has 11 heteroatoms. The summed E-state index contributed by atoms with van der Waals surface area (Å²) in [5.41, 5.74) is 2.55. The van der Waals surface area contributed by atoms with Crippen LogP contribution in [0.1, 0.15) is 5.56 Å². The Bertz CT molecular complexity index is 889. The summed E-state index contributed by atoms with van der Waals surface area (Å²) in [6.45, 7) is -0.345. The molecule has 136 valence electrons. The van der Waals surface area contributed by atoms with E-state index in [1.807, 2.05) is 0 Å². The van der Waals surface area contributed by atoms with Gasteiger partial charge in [0.05, 0.1) is 20.1 Å². The number of amides is 1. The number of nitro groups is 1. The van der Waals surface area contributed by atoms with Crippen LogP contribution in [0, 0.1) is 10.1 Å². The number of hydrogen-bond acceptors (Lipinski definition) is 6. The molecule has 0 bridgehead atoms. The van der Waals surface area contributed by atoms with Crippen molar-refractivity contribution < 1.29 is 19.6 Å². The molecule has 0 fully saturated rings. The van der Waals surface area contributed by atoms with Crippen molar-refractivity contribution in [1.29, 1.82) is 0 Å². The van der Waals surface area contributed by atoms with Crippen molar-refractivity contribution in [3.63, 3.8) is 0 Å². The Morgan fingerprint density at radius 1 is 1.27 bits per heavy atom. The van der Waals surface area contributed by atoms with E-state index in [-0.39, 0.29) is 23.8 Å². The highest BCUT2D eigenvalue weighted by Crippen LogP contribution is 2.31. The van der Waals surface area contributed by atoms with Gasteiger partial charge in [-0.05, 0) is 50.1 Å². The Morgan fingerprint density at radius 3 is 2.65 bits per heavy atom. The number of halogens is 3. The Balaban J connectivity index is 1.93. The maximum atomic E-state index is 11.8. The second-order valence-corrected chi connectivity index (χ2v) is 7.40. The Labute approximate surface area is 172 Å². The van der Waals surface area contributed by atoms with E-state index in [0.717, 1.165) is 4.47 Å². The predicted molar refractivity (Wildman–Crippen MR) is 106 cm³/mol. The Kier molecular flexibility index (Phi) is 7.12. The number of nitro benzene ring substituents is 1. The fraction of sp³-hybridized carbons (Fsp3) is 0.0667. The molecule has 0 aliphatic rings. The molecule has 0 radical (unpaired) electrons. The average molecular weight is 552 g/mol. The maximum Gasteiger partial charge on any atom is 0.277 e. The predicted octanol–water partition coefficient (Wildman–Crippen LogP) is 4.12. The van der Waals surface area contributed by atoms with Gasteiger partial charge in [-0.15, -0.1) is 0 Å². The molecule has 0 aliphatic heterocycles. The van der Waals surface area contributed by atoms with Gasteiger partial charge in [0, 0.05) is 22.2 Å². The van der Waals surface area contributed by atoms with Crippen LogP contribution in [0.4, 0.5) is 5.69 Å². The first kappa shape index (κ1) is 20.3. The number of hydrazone groups is 1. The minimum Gasteiger partial charge on any atom is -0.506 e. The van der Waals surface area contributed by atoms with Gasteiger partial charge in [-0.25, -0.2) is 5.43 Å². The molecule has 0 saturated heterocycles. The standard InChI is InChI=1S/C15H10Br3N3O5/c16-9-3-8(15(23)12(18)4-9)6-19-20-14(22)7-26-13-2-1-10(21(24)25)5-11(13)17/h1-6,23H,7H2,(H,20,22). The highest BCUT2D eigenvalue weighted by atomic mass is 79.9. The van der Waals surface area contributed by atoms with E-state index in [4.69, 9.17) is 4.74 Å². The zero-order valence-electron chi connectivity index (χ0n) is 12.8. The maximum absolute atomic E-state index is 11.8. The number of ether oxygens (including phenoxy) is 1. The van der Waals surface area contributed by atoms with Gasteiger partial charge in [-0.2, -0.15) is 5.10 Å². The average Bonchev–Trinajstić information content (AvgIpc) is 2.57. The van der Waals surface area contributed by atoms with Gasteiger partial charge >= 0.3 is 0 Å². The van der Waals surface area contributed by atoms with Crippen LogP contribution in [0.2, 0.25) is 0 Å². The van der Waals surface area contributed by atoms with Crippen LogP contribution in [0.3, 0.4) is 0 Å². The van der Waals surface area contributed by atoms with Crippen LogP contribution in [0.25, 0.3) is 0 Å². The number of rotatable bonds is 6. The van der Waals surface area contributed by atoms with Gasteiger partial charge in [0.1, 0.15) is 11.5 Å². The first-order valence-electron chi connectivity index (χ1n) is 6.84. The molecule has 8 nitrogen and oxygen atoms in total. The second-order valence-electron chi connectivity index (χ2n) is 4.78. The van der Waals surface area contributed by atoms with Gasteiger partial charge in [0.25, 0.3) is 11.6 Å². The number of carbonyl (C=O) groups excluding carboxylic acids is 1. The number of nitrogens with zero attached hydrogens (tertiary/aromatic N) is 2. The smallest absolute Gasteiger partial charge is 0.277 e. The van der Waals surface area contributed by atoms with E-state index in [2.05, 4.69) is 58.3 Å². The van der Waals surface area contributed by atoms with E-state index in [1.165, 1.54) is 24.4 Å². The van der Waals surface area contributed by atoms with Gasteiger partial charge in [-0.3, -0.25) is 14.9 Å². The number of hydrogen-bond donors (Lipinski definition) is 2. The molecule has 0 unspecified atom stereocenters.